The van der Waals surface area contributed by atoms with E-state index in [1.807, 2.05) is 19.1 Å². The zero-order chi connectivity index (χ0) is 11.1. The maximum Gasteiger partial charge on any atom is 0.195 e. The molecule has 0 amide bonds. The van der Waals surface area contributed by atoms with E-state index in [1.54, 1.807) is 12.3 Å². The number of pyridine rings is 1. The Hall–Kier alpha value is -1.29. The van der Waals surface area contributed by atoms with E-state index in [2.05, 4.69) is 21.2 Å². The first kappa shape index (κ1) is 14.7. The quantitative estimate of drug-likeness (QED) is 0.385. The van der Waals surface area contributed by atoms with Gasteiger partial charge in [0.15, 0.2) is 5.96 Å². The highest BCUT2D eigenvalue weighted by atomic mass is 127. The number of anilines is 1. The number of hydrogen-bond acceptors (Lipinski definition) is 2. The lowest BCUT2D eigenvalue weighted by molar-refractivity contribution is 0.806. The molecule has 0 bridgehead atoms. The minimum atomic E-state index is -0.179. The minimum absolute atomic E-state index is 0. The van der Waals surface area contributed by atoms with E-state index in [0.717, 1.165) is 6.42 Å². The Bertz CT molecular complexity index is 369. The van der Waals surface area contributed by atoms with E-state index < -0.39 is 0 Å². The highest BCUT2D eigenvalue weighted by molar-refractivity contribution is 14.0. The number of hydrogen-bond donors (Lipinski definition) is 2. The minimum Gasteiger partial charge on any atom is -0.370 e. The van der Waals surface area contributed by atoms with E-state index >= 15 is 0 Å². The maximum absolute atomic E-state index is 5.66. The van der Waals surface area contributed by atoms with Crippen LogP contribution in [0.4, 0.5) is 5.82 Å². The average molecular weight is 330 g/mol. The second kappa shape index (κ2) is 7.93. The fourth-order valence-electron chi connectivity index (χ4n) is 1.01. The number of aliphatic imine (C=N–C) groups is 1. The monoisotopic (exact) mass is 330 g/mol. The molecule has 0 saturated heterocycles. The molecule has 1 heterocycles. The second-order valence-electron chi connectivity index (χ2n) is 2.95. The Morgan fingerprint density at radius 1 is 1.69 bits per heavy atom. The highest BCUT2D eigenvalue weighted by Gasteiger charge is 2.00. The number of nitrogens with one attached hydrogen (secondary N) is 1. The fourth-order valence-corrected chi connectivity index (χ4v) is 1.01. The molecule has 0 aliphatic heterocycles. The van der Waals surface area contributed by atoms with E-state index in [4.69, 9.17) is 12.2 Å². The van der Waals surface area contributed by atoms with Gasteiger partial charge in [-0.2, -0.15) is 0 Å². The van der Waals surface area contributed by atoms with Crippen molar-refractivity contribution in [1.82, 2.24) is 4.98 Å². The van der Waals surface area contributed by atoms with Gasteiger partial charge in [-0.25, -0.2) is 9.98 Å². The van der Waals surface area contributed by atoms with Crippen LogP contribution in [0.3, 0.4) is 0 Å². The molecule has 0 saturated carbocycles. The van der Waals surface area contributed by atoms with Crippen LogP contribution in [0.5, 0.6) is 0 Å². The summed E-state index contributed by atoms with van der Waals surface area (Å²) in [4.78, 5) is 8.17. The Morgan fingerprint density at radius 3 is 2.94 bits per heavy atom. The fraction of sp³-hybridized carbons (Fsp3) is 0.273. The van der Waals surface area contributed by atoms with Crippen LogP contribution >= 0.6 is 24.0 Å². The van der Waals surface area contributed by atoms with Crippen LogP contribution in [0, 0.1) is 12.3 Å². The van der Waals surface area contributed by atoms with Crippen molar-refractivity contribution >= 4 is 35.8 Å². The van der Waals surface area contributed by atoms with Gasteiger partial charge in [-0.1, -0.05) is 18.9 Å². The summed E-state index contributed by atoms with van der Waals surface area (Å²) >= 11 is 0. The molecule has 1 unspecified atom stereocenters. The lowest BCUT2D eigenvalue weighted by atomic mass is 10.2. The number of terminal acetylenes is 1. The summed E-state index contributed by atoms with van der Waals surface area (Å²) in [6.07, 6.45) is 7.71. The molecule has 4 nitrogen and oxygen atoms in total. The third-order valence-electron chi connectivity index (χ3n) is 1.80. The number of halogens is 1. The molecular weight excluding hydrogens is 315 g/mol. The van der Waals surface area contributed by atoms with Crippen molar-refractivity contribution in [2.45, 2.75) is 19.4 Å². The summed E-state index contributed by atoms with van der Waals surface area (Å²) in [5.41, 5.74) is 5.66. The third-order valence-corrected chi connectivity index (χ3v) is 1.80. The average Bonchev–Trinajstić information content (AvgIpc) is 2.27. The van der Waals surface area contributed by atoms with Crippen LogP contribution in [-0.2, 0) is 0 Å². The van der Waals surface area contributed by atoms with Gasteiger partial charge in [0.2, 0.25) is 0 Å². The van der Waals surface area contributed by atoms with Crippen LogP contribution in [0.15, 0.2) is 29.4 Å². The lowest BCUT2D eigenvalue weighted by Gasteiger charge is -2.06. The van der Waals surface area contributed by atoms with Crippen molar-refractivity contribution in [2.24, 2.45) is 10.7 Å². The lowest BCUT2D eigenvalue weighted by Crippen LogP contribution is -2.25. The molecule has 1 aromatic heterocycles. The van der Waals surface area contributed by atoms with Gasteiger partial charge in [0, 0.05) is 6.20 Å². The third kappa shape index (κ3) is 4.98. The predicted molar refractivity (Wildman–Crippen MR) is 77.8 cm³/mol. The van der Waals surface area contributed by atoms with Gasteiger partial charge in [-0.3, -0.25) is 0 Å². The molecule has 0 radical (unpaired) electrons. The van der Waals surface area contributed by atoms with Crippen molar-refractivity contribution in [3.05, 3.63) is 24.4 Å². The smallest absolute Gasteiger partial charge is 0.195 e. The second-order valence-corrected chi connectivity index (χ2v) is 2.95. The predicted octanol–water partition coefficient (Wildman–Crippen LogP) is 1.84. The van der Waals surface area contributed by atoms with Crippen molar-refractivity contribution in [3.8, 4) is 12.3 Å². The molecule has 1 rings (SSSR count). The number of guanidine groups is 1. The van der Waals surface area contributed by atoms with Crippen molar-refractivity contribution in [3.63, 3.8) is 0 Å². The van der Waals surface area contributed by atoms with Gasteiger partial charge >= 0.3 is 0 Å². The van der Waals surface area contributed by atoms with E-state index in [0.29, 0.717) is 11.8 Å². The van der Waals surface area contributed by atoms with Gasteiger partial charge in [-0.05, 0) is 18.6 Å². The molecule has 0 aliphatic rings. The van der Waals surface area contributed by atoms with Crippen molar-refractivity contribution in [1.29, 1.82) is 0 Å². The number of nitrogens with two attached hydrogens (primary N) is 1. The molecule has 86 valence electrons. The summed E-state index contributed by atoms with van der Waals surface area (Å²) < 4.78 is 0. The Morgan fingerprint density at radius 2 is 2.44 bits per heavy atom. The number of nitrogens with zero attached hydrogens (tertiary/aromatic N) is 2. The van der Waals surface area contributed by atoms with E-state index in [-0.39, 0.29) is 30.0 Å². The summed E-state index contributed by atoms with van der Waals surface area (Å²) in [5, 5.41) is 2.86. The van der Waals surface area contributed by atoms with Gasteiger partial charge in [0.05, 0.1) is 0 Å². The Balaban J connectivity index is 0.00000225. The zero-order valence-electron chi connectivity index (χ0n) is 9.05. The topological polar surface area (TPSA) is 63.3 Å². The first-order valence-corrected chi connectivity index (χ1v) is 4.73. The van der Waals surface area contributed by atoms with Gasteiger partial charge < -0.3 is 11.1 Å². The van der Waals surface area contributed by atoms with Crippen molar-refractivity contribution in [2.75, 3.05) is 5.32 Å². The maximum atomic E-state index is 5.66. The number of rotatable bonds is 3. The summed E-state index contributed by atoms with van der Waals surface area (Å²) in [7, 11) is 0. The highest BCUT2D eigenvalue weighted by Crippen LogP contribution is 2.00. The summed E-state index contributed by atoms with van der Waals surface area (Å²) in [5.74, 6) is 3.49. The largest absolute Gasteiger partial charge is 0.370 e. The van der Waals surface area contributed by atoms with Crippen LogP contribution in [-0.4, -0.2) is 17.0 Å². The van der Waals surface area contributed by atoms with Crippen molar-refractivity contribution < 1.29 is 0 Å². The summed E-state index contributed by atoms with van der Waals surface area (Å²) in [6.45, 7) is 1.96. The van der Waals surface area contributed by atoms with E-state index in [1.165, 1.54) is 0 Å². The SMILES string of the molecule is C#CC(CC)N=C(N)Nc1ccccn1.I. The van der Waals surface area contributed by atoms with Crippen LogP contribution in [0.1, 0.15) is 13.3 Å². The normalized spacial score (nSPS) is 12.1. The molecule has 3 N–H and O–H groups in total. The molecular formula is C11H15IN4. The standard InChI is InChI=1S/C11H14N4.HI/c1-3-9(4-2)14-11(12)15-10-7-5-6-8-13-10;/h1,5-9H,4H2,2H3,(H3,12,13,14,15);1H. The first-order valence-electron chi connectivity index (χ1n) is 4.73. The van der Waals surface area contributed by atoms with E-state index in [9.17, 15) is 0 Å². The molecule has 1 atom stereocenters. The van der Waals surface area contributed by atoms with Gasteiger partial charge in [0.1, 0.15) is 11.9 Å². The van der Waals surface area contributed by atoms with Crippen LogP contribution < -0.4 is 11.1 Å². The molecule has 16 heavy (non-hydrogen) atoms. The van der Waals surface area contributed by atoms with Gasteiger partial charge in [0.25, 0.3) is 0 Å². The molecule has 0 aliphatic carbocycles. The Kier molecular flexibility index (Phi) is 7.29. The molecule has 0 aromatic carbocycles. The molecule has 0 fully saturated rings. The van der Waals surface area contributed by atoms with Crippen LogP contribution in [0.25, 0.3) is 0 Å². The molecule has 1 aromatic rings. The van der Waals surface area contributed by atoms with Gasteiger partial charge in [-0.15, -0.1) is 30.4 Å². The molecule has 5 heteroatoms. The van der Waals surface area contributed by atoms with Crippen LogP contribution in [0.2, 0.25) is 0 Å². The summed E-state index contributed by atoms with van der Waals surface area (Å²) in [6, 6.07) is 5.32. The Labute approximate surface area is 113 Å². The first-order chi connectivity index (χ1) is 7.26. The zero-order valence-corrected chi connectivity index (χ0v) is 11.4. The molecule has 0 spiro atoms. The number of aromatic nitrogens is 1.